The van der Waals surface area contributed by atoms with Gasteiger partial charge in [-0.3, -0.25) is 9.36 Å². The van der Waals surface area contributed by atoms with Crippen molar-refractivity contribution >= 4 is 50.7 Å². The fraction of sp³-hybridized carbons (Fsp3) is 0.0385. The van der Waals surface area contributed by atoms with Crippen molar-refractivity contribution in [3.8, 4) is 17.2 Å². The molecule has 35 heavy (non-hydrogen) atoms. The van der Waals surface area contributed by atoms with Gasteiger partial charge in [0.2, 0.25) is 0 Å². The molecule has 5 rings (SSSR count). The number of rotatable bonds is 5. The molecule has 7 nitrogen and oxygen atoms in total. The third-order valence-electron chi connectivity index (χ3n) is 5.43. The third-order valence-corrected chi connectivity index (χ3v) is 6.51. The van der Waals surface area contributed by atoms with Gasteiger partial charge >= 0.3 is 0 Å². The van der Waals surface area contributed by atoms with E-state index in [2.05, 4.69) is 15.3 Å². The maximum Gasteiger partial charge on any atom is 0.266 e. The van der Waals surface area contributed by atoms with Gasteiger partial charge in [-0.2, -0.15) is 0 Å². The minimum atomic E-state index is -0.584. The number of hydrogen-bond acceptors (Lipinski definition) is 6. The number of halogens is 2. The molecule has 0 aliphatic carbocycles. The Balaban J connectivity index is 1.52. The van der Waals surface area contributed by atoms with Crippen molar-refractivity contribution in [1.82, 2.24) is 14.5 Å². The van der Waals surface area contributed by atoms with E-state index in [-0.39, 0.29) is 11.3 Å². The number of anilines is 3. The number of nitrogens with two attached hydrogens (primary N) is 1. The first-order chi connectivity index (χ1) is 16.9. The highest BCUT2D eigenvalue weighted by Crippen LogP contribution is 2.32. The minimum Gasteiger partial charge on any atom is -0.453 e. The number of para-hydroxylation sites is 1. The average Bonchev–Trinajstić information content (AvgIpc) is 2.84. The maximum absolute atomic E-state index is 14.9. The summed E-state index contributed by atoms with van der Waals surface area (Å²) in [5.74, 6) is 0.498. The van der Waals surface area contributed by atoms with E-state index in [0.29, 0.717) is 32.0 Å². The molecule has 0 saturated carbocycles. The molecule has 3 aromatic heterocycles. The molecule has 0 fully saturated rings. The quantitative estimate of drug-likeness (QED) is 0.250. The van der Waals surface area contributed by atoms with Crippen molar-refractivity contribution in [1.29, 1.82) is 0 Å². The molecule has 3 heterocycles. The van der Waals surface area contributed by atoms with Gasteiger partial charge in [0.15, 0.2) is 11.6 Å². The second kappa shape index (κ2) is 9.34. The average molecular weight is 579 g/mol. The fourth-order valence-electron chi connectivity index (χ4n) is 3.81. The van der Waals surface area contributed by atoms with Crippen molar-refractivity contribution in [2.45, 2.75) is 6.92 Å². The fourth-order valence-corrected chi connectivity index (χ4v) is 4.24. The molecule has 0 bridgehead atoms. The number of fused-ring (bicyclic) bond motifs is 1. The number of nitrogens with zero attached hydrogens (tertiary/aromatic N) is 3. The lowest BCUT2D eigenvalue weighted by atomic mass is 10.1. The van der Waals surface area contributed by atoms with Crippen LogP contribution in [0.4, 0.5) is 21.7 Å². The largest absolute Gasteiger partial charge is 0.453 e. The topological polar surface area (TPSA) is 95.1 Å². The van der Waals surface area contributed by atoms with Crippen molar-refractivity contribution in [2.75, 3.05) is 11.1 Å². The van der Waals surface area contributed by atoms with Crippen LogP contribution < -0.4 is 21.3 Å². The molecule has 5 aromatic rings. The molecule has 0 radical (unpaired) electrons. The molecule has 0 saturated heterocycles. The standard InChI is InChI=1S/C26H19FIN5O2/c1-15-13-16-9-11-31-25(22(16)26(34)33(15)18-5-3-2-4-6-18)32-17-7-8-20(19(27)14-17)35-21-10-12-30-24(29)23(21)28/h2-14H,1H3,(H2,29,30)(H,31,32). The highest BCUT2D eigenvalue weighted by atomic mass is 127. The van der Waals surface area contributed by atoms with E-state index >= 15 is 0 Å². The van der Waals surface area contributed by atoms with E-state index in [9.17, 15) is 9.18 Å². The summed E-state index contributed by atoms with van der Waals surface area (Å²) in [4.78, 5) is 21.9. The minimum absolute atomic E-state index is 0.0343. The van der Waals surface area contributed by atoms with Crippen molar-refractivity contribution in [3.05, 3.63) is 105 Å². The summed E-state index contributed by atoms with van der Waals surface area (Å²) in [6.45, 7) is 1.88. The van der Waals surface area contributed by atoms with E-state index < -0.39 is 5.82 Å². The lowest BCUT2D eigenvalue weighted by molar-refractivity contribution is 0.440. The van der Waals surface area contributed by atoms with Crippen molar-refractivity contribution in [2.24, 2.45) is 0 Å². The molecule has 3 N–H and O–H groups in total. The van der Waals surface area contributed by atoms with Crippen LogP contribution in [0.5, 0.6) is 11.5 Å². The summed E-state index contributed by atoms with van der Waals surface area (Å²) >= 11 is 2.00. The molecule has 0 unspecified atom stereocenters. The smallest absolute Gasteiger partial charge is 0.266 e. The Hall–Kier alpha value is -3.99. The van der Waals surface area contributed by atoms with Crippen LogP contribution in [-0.4, -0.2) is 14.5 Å². The summed E-state index contributed by atoms with van der Waals surface area (Å²) in [6, 6.07) is 19.2. The van der Waals surface area contributed by atoms with Gasteiger partial charge in [-0.25, -0.2) is 14.4 Å². The van der Waals surface area contributed by atoms with Crippen LogP contribution >= 0.6 is 22.6 Å². The summed E-state index contributed by atoms with van der Waals surface area (Å²) in [5, 5.41) is 4.23. The zero-order valence-electron chi connectivity index (χ0n) is 18.5. The van der Waals surface area contributed by atoms with Crippen LogP contribution in [0.2, 0.25) is 0 Å². The summed E-state index contributed by atoms with van der Waals surface area (Å²) in [6.07, 6.45) is 3.11. The summed E-state index contributed by atoms with van der Waals surface area (Å²) < 4.78 is 22.8. The number of nitrogen functional groups attached to an aromatic ring is 1. The van der Waals surface area contributed by atoms with Gasteiger partial charge in [0.1, 0.15) is 17.4 Å². The number of nitrogens with one attached hydrogen (secondary N) is 1. The monoisotopic (exact) mass is 579 g/mol. The molecule has 0 aliphatic heterocycles. The molecular formula is C26H19FIN5O2. The molecule has 174 valence electrons. The Morgan fingerprint density at radius 1 is 1.00 bits per heavy atom. The van der Waals surface area contributed by atoms with Gasteiger partial charge < -0.3 is 15.8 Å². The number of hydrogen-bond donors (Lipinski definition) is 2. The number of pyridine rings is 3. The first kappa shape index (κ1) is 22.8. The van der Waals surface area contributed by atoms with Crippen LogP contribution in [0, 0.1) is 16.3 Å². The van der Waals surface area contributed by atoms with Gasteiger partial charge in [0.25, 0.3) is 5.56 Å². The van der Waals surface area contributed by atoms with E-state index in [4.69, 9.17) is 10.5 Å². The second-order valence-corrected chi connectivity index (χ2v) is 8.84. The lowest BCUT2D eigenvalue weighted by Crippen LogP contribution is -2.21. The molecule has 0 aliphatic rings. The number of aromatic nitrogens is 3. The van der Waals surface area contributed by atoms with Crippen LogP contribution in [0.15, 0.2) is 83.9 Å². The van der Waals surface area contributed by atoms with Crippen LogP contribution in [-0.2, 0) is 0 Å². The first-order valence-corrected chi connectivity index (χ1v) is 11.7. The molecular weight excluding hydrogens is 560 g/mol. The number of aryl methyl sites for hydroxylation is 1. The Labute approximate surface area is 213 Å². The Kier molecular flexibility index (Phi) is 6.08. The third kappa shape index (κ3) is 4.42. The predicted molar refractivity (Wildman–Crippen MR) is 143 cm³/mol. The number of ether oxygens (including phenoxy) is 1. The zero-order chi connectivity index (χ0) is 24.5. The molecule has 0 atom stereocenters. The highest BCUT2D eigenvalue weighted by molar-refractivity contribution is 14.1. The number of benzene rings is 2. The van der Waals surface area contributed by atoms with Gasteiger partial charge in [0.05, 0.1) is 8.96 Å². The normalized spacial score (nSPS) is 10.9. The first-order valence-electron chi connectivity index (χ1n) is 10.6. The molecule has 9 heteroatoms. The summed E-state index contributed by atoms with van der Waals surface area (Å²) in [5.41, 5.74) is 7.56. The van der Waals surface area contributed by atoms with Crippen LogP contribution in [0.3, 0.4) is 0 Å². The Morgan fingerprint density at radius 3 is 2.54 bits per heavy atom. The summed E-state index contributed by atoms with van der Waals surface area (Å²) in [7, 11) is 0. The second-order valence-electron chi connectivity index (χ2n) is 7.77. The Bertz CT molecular complexity index is 1620. The van der Waals surface area contributed by atoms with Gasteiger partial charge in [-0.05, 0) is 71.3 Å². The molecule has 2 aromatic carbocycles. The van der Waals surface area contributed by atoms with Crippen molar-refractivity contribution in [3.63, 3.8) is 0 Å². The van der Waals surface area contributed by atoms with E-state index in [1.54, 1.807) is 29.0 Å². The SMILES string of the molecule is Cc1cc2ccnc(Nc3ccc(Oc4ccnc(N)c4I)c(F)c3)c2c(=O)n1-c1ccccc1. The molecule has 0 amide bonds. The van der Waals surface area contributed by atoms with Crippen molar-refractivity contribution < 1.29 is 9.13 Å². The van der Waals surface area contributed by atoms with E-state index in [1.807, 2.05) is 65.9 Å². The maximum atomic E-state index is 14.9. The van der Waals surface area contributed by atoms with Gasteiger partial charge in [0, 0.05) is 41.6 Å². The van der Waals surface area contributed by atoms with E-state index in [0.717, 1.165) is 16.8 Å². The Morgan fingerprint density at radius 2 is 1.77 bits per heavy atom. The predicted octanol–water partition coefficient (Wildman–Crippen LogP) is 5.95. The van der Waals surface area contributed by atoms with Crippen LogP contribution in [0.1, 0.15) is 5.69 Å². The van der Waals surface area contributed by atoms with E-state index in [1.165, 1.54) is 18.3 Å². The van der Waals surface area contributed by atoms with Gasteiger partial charge in [-0.1, -0.05) is 18.2 Å². The van der Waals surface area contributed by atoms with Crippen LogP contribution in [0.25, 0.3) is 16.5 Å². The molecule has 0 spiro atoms. The lowest BCUT2D eigenvalue weighted by Gasteiger charge is -2.15. The zero-order valence-corrected chi connectivity index (χ0v) is 20.7. The highest BCUT2D eigenvalue weighted by Gasteiger charge is 2.15. The van der Waals surface area contributed by atoms with Gasteiger partial charge in [-0.15, -0.1) is 0 Å².